The summed E-state index contributed by atoms with van der Waals surface area (Å²) in [5, 5.41) is 5.12. The van der Waals surface area contributed by atoms with Gasteiger partial charge < -0.3 is 15.1 Å². The molecule has 94 valence electrons. The van der Waals surface area contributed by atoms with Crippen molar-refractivity contribution in [2.75, 3.05) is 0 Å². The van der Waals surface area contributed by atoms with Crippen LogP contribution in [0, 0.1) is 0 Å². The summed E-state index contributed by atoms with van der Waals surface area (Å²) < 4.78 is 5.04. The van der Waals surface area contributed by atoms with Gasteiger partial charge in [0.1, 0.15) is 5.76 Å². The van der Waals surface area contributed by atoms with Crippen molar-refractivity contribution >= 4 is 11.8 Å². The molecule has 5 nitrogen and oxygen atoms in total. The Balaban J connectivity index is 2.29. The van der Waals surface area contributed by atoms with Crippen LogP contribution in [0.15, 0.2) is 22.8 Å². The SMILES string of the molecule is CCCC(C)NC(=O)C(=O)NCc1ccco1. The molecule has 1 atom stereocenters. The lowest BCUT2D eigenvalue weighted by Crippen LogP contribution is -2.43. The van der Waals surface area contributed by atoms with Gasteiger partial charge in [-0.3, -0.25) is 9.59 Å². The molecule has 5 heteroatoms. The third kappa shape index (κ3) is 4.72. The maximum atomic E-state index is 11.4. The number of furan rings is 1. The summed E-state index contributed by atoms with van der Waals surface area (Å²) in [6.45, 7) is 4.13. The predicted molar refractivity (Wildman–Crippen MR) is 63.1 cm³/mol. The van der Waals surface area contributed by atoms with Gasteiger partial charge in [-0.1, -0.05) is 13.3 Å². The number of rotatable bonds is 5. The van der Waals surface area contributed by atoms with Crippen molar-refractivity contribution in [2.45, 2.75) is 39.3 Å². The number of carbonyl (C=O) groups excluding carboxylic acids is 2. The smallest absolute Gasteiger partial charge is 0.309 e. The number of carbonyl (C=O) groups is 2. The van der Waals surface area contributed by atoms with Crippen LogP contribution in [0.25, 0.3) is 0 Å². The highest BCUT2D eigenvalue weighted by atomic mass is 16.3. The second-order valence-electron chi connectivity index (χ2n) is 3.93. The van der Waals surface area contributed by atoms with Crippen LogP contribution in [-0.4, -0.2) is 17.9 Å². The van der Waals surface area contributed by atoms with Gasteiger partial charge >= 0.3 is 11.8 Å². The van der Waals surface area contributed by atoms with E-state index in [0.717, 1.165) is 12.8 Å². The third-order valence-electron chi connectivity index (χ3n) is 2.31. The molecule has 0 saturated heterocycles. The Kier molecular flexibility index (Phi) is 5.26. The van der Waals surface area contributed by atoms with Crippen molar-refractivity contribution in [3.05, 3.63) is 24.2 Å². The van der Waals surface area contributed by atoms with Gasteiger partial charge in [-0.15, -0.1) is 0 Å². The molecule has 0 fully saturated rings. The summed E-state index contributed by atoms with van der Waals surface area (Å²) in [6, 6.07) is 3.48. The van der Waals surface area contributed by atoms with Crippen molar-refractivity contribution in [2.24, 2.45) is 0 Å². The van der Waals surface area contributed by atoms with Gasteiger partial charge in [0.05, 0.1) is 12.8 Å². The molecule has 1 rings (SSSR count). The zero-order valence-electron chi connectivity index (χ0n) is 10.2. The van der Waals surface area contributed by atoms with E-state index in [-0.39, 0.29) is 12.6 Å². The Bertz CT molecular complexity index is 360. The van der Waals surface area contributed by atoms with Crippen molar-refractivity contribution in [1.82, 2.24) is 10.6 Å². The lowest BCUT2D eigenvalue weighted by Gasteiger charge is -2.11. The van der Waals surface area contributed by atoms with E-state index in [4.69, 9.17) is 4.42 Å². The van der Waals surface area contributed by atoms with E-state index >= 15 is 0 Å². The quantitative estimate of drug-likeness (QED) is 0.757. The molecule has 0 aliphatic rings. The zero-order valence-corrected chi connectivity index (χ0v) is 10.2. The highest BCUT2D eigenvalue weighted by molar-refractivity contribution is 6.35. The standard InChI is InChI=1S/C12H18N2O3/c1-3-5-9(2)14-12(16)11(15)13-8-10-6-4-7-17-10/h4,6-7,9H,3,5,8H2,1-2H3,(H,13,15)(H,14,16). The molecular formula is C12H18N2O3. The molecule has 1 aromatic heterocycles. The van der Waals surface area contributed by atoms with Gasteiger partial charge in [-0.25, -0.2) is 0 Å². The Hall–Kier alpha value is -1.78. The molecule has 1 unspecified atom stereocenters. The van der Waals surface area contributed by atoms with Crippen LogP contribution in [0.3, 0.4) is 0 Å². The number of hydrogen-bond acceptors (Lipinski definition) is 3. The first-order valence-electron chi connectivity index (χ1n) is 5.74. The molecular weight excluding hydrogens is 220 g/mol. The minimum absolute atomic E-state index is 0.0156. The fourth-order valence-corrected chi connectivity index (χ4v) is 1.46. The predicted octanol–water partition coefficient (Wildman–Crippen LogP) is 1.20. The minimum atomic E-state index is -0.635. The summed E-state index contributed by atoms with van der Waals surface area (Å²) in [7, 11) is 0. The van der Waals surface area contributed by atoms with Gasteiger partial charge in [-0.2, -0.15) is 0 Å². The number of hydrogen-bond donors (Lipinski definition) is 2. The lowest BCUT2D eigenvalue weighted by molar-refractivity contribution is -0.139. The monoisotopic (exact) mass is 238 g/mol. The molecule has 1 aromatic rings. The number of nitrogens with one attached hydrogen (secondary N) is 2. The Morgan fingerprint density at radius 2 is 2.18 bits per heavy atom. The molecule has 17 heavy (non-hydrogen) atoms. The van der Waals surface area contributed by atoms with E-state index < -0.39 is 11.8 Å². The van der Waals surface area contributed by atoms with E-state index in [1.165, 1.54) is 6.26 Å². The fraction of sp³-hybridized carbons (Fsp3) is 0.500. The third-order valence-corrected chi connectivity index (χ3v) is 2.31. The first kappa shape index (κ1) is 13.3. The molecule has 0 saturated carbocycles. The Labute approximate surface area is 101 Å². The van der Waals surface area contributed by atoms with Gasteiger partial charge in [0.25, 0.3) is 0 Å². The summed E-state index contributed by atoms with van der Waals surface area (Å²) in [6.07, 6.45) is 3.34. The number of amides is 2. The Morgan fingerprint density at radius 3 is 2.76 bits per heavy atom. The summed E-state index contributed by atoms with van der Waals surface area (Å²) in [5.41, 5.74) is 0. The van der Waals surface area contributed by atoms with E-state index in [1.807, 2.05) is 13.8 Å². The van der Waals surface area contributed by atoms with Crippen molar-refractivity contribution in [3.63, 3.8) is 0 Å². The zero-order chi connectivity index (χ0) is 12.7. The second-order valence-corrected chi connectivity index (χ2v) is 3.93. The van der Waals surface area contributed by atoms with Crippen LogP contribution >= 0.6 is 0 Å². The molecule has 0 aromatic carbocycles. The van der Waals surface area contributed by atoms with Crippen molar-refractivity contribution in [1.29, 1.82) is 0 Å². The first-order valence-corrected chi connectivity index (χ1v) is 5.74. The van der Waals surface area contributed by atoms with Crippen LogP contribution in [0.4, 0.5) is 0 Å². The Morgan fingerprint density at radius 1 is 1.41 bits per heavy atom. The maximum Gasteiger partial charge on any atom is 0.309 e. The van der Waals surface area contributed by atoms with Gasteiger partial charge in [0.15, 0.2) is 0 Å². The van der Waals surface area contributed by atoms with E-state index in [2.05, 4.69) is 10.6 Å². The average molecular weight is 238 g/mol. The fourth-order valence-electron chi connectivity index (χ4n) is 1.46. The van der Waals surface area contributed by atoms with Crippen LogP contribution in [-0.2, 0) is 16.1 Å². The van der Waals surface area contributed by atoms with Crippen molar-refractivity contribution < 1.29 is 14.0 Å². The summed E-state index contributed by atoms with van der Waals surface area (Å²) >= 11 is 0. The first-order chi connectivity index (χ1) is 8.13. The highest BCUT2D eigenvalue weighted by Crippen LogP contribution is 1.98. The van der Waals surface area contributed by atoms with Gasteiger partial charge in [-0.05, 0) is 25.5 Å². The van der Waals surface area contributed by atoms with Crippen LogP contribution < -0.4 is 10.6 Å². The van der Waals surface area contributed by atoms with Crippen LogP contribution in [0.2, 0.25) is 0 Å². The van der Waals surface area contributed by atoms with Crippen molar-refractivity contribution in [3.8, 4) is 0 Å². The largest absolute Gasteiger partial charge is 0.467 e. The van der Waals surface area contributed by atoms with Crippen LogP contribution in [0.1, 0.15) is 32.4 Å². The normalized spacial score (nSPS) is 11.9. The van der Waals surface area contributed by atoms with Gasteiger partial charge in [0, 0.05) is 6.04 Å². The molecule has 0 bridgehead atoms. The maximum absolute atomic E-state index is 11.4. The average Bonchev–Trinajstić information content (AvgIpc) is 2.78. The molecule has 0 radical (unpaired) electrons. The molecule has 0 aliphatic carbocycles. The lowest BCUT2D eigenvalue weighted by atomic mass is 10.2. The molecule has 2 amide bonds. The van der Waals surface area contributed by atoms with E-state index in [9.17, 15) is 9.59 Å². The second kappa shape index (κ2) is 6.73. The molecule has 0 aliphatic heterocycles. The highest BCUT2D eigenvalue weighted by Gasteiger charge is 2.15. The molecule has 0 spiro atoms. The van der Waals surface area contributed by atoms with E-state index in [1.54, 1.807) is 12.1 Å². The summed E-state index contributed by atoms with van der Waals surface area (Å²) in [4.78, 5) is 22.8. The molecule has 1 heterocycles. The molecule has 2 N–H and O–H groups in total. The summed E-state index contributed by atoms with van der Waals surface area (Å²) in [5.74, 6) is -0.616. The van der Waals surface area contributed by atoms with Crippen LogP contribution in [0.5, 0.6) is 0 Å². The van der Waals surface area contributed by atoms with Gasteiger partial charge in [0.2, 0.25) is 0 Å². The topological polar surface area (TPSA) is 71.3 Å². The van der Waals surface area contributed by atoms with E-state index in [0.29, 0.717) is 5.76 Å². The minimum Gasteiger partial charge on any atom is -0.467 e.